The van der Waals surface area contributed by atoms with E-state index in [1.54, 1.807) is 6.92 Å². The summed E-state index contributed by atoms with van der Waals surface area (Å²) in [5.41, 5.74) is 4.57. The molecule has 0 spiro atoms. The number of allylic oxidation sites excluding steroid dienone is 3. The van der Waals surface area contributed by atoms with Crippen LogP contribution in [0.15, 0.2) is 26.4 Å². The van der Waals surface area contributed by atoms with Crippen LogP contribution in [0.4, 0.5) is 4.79 Å². The zero-order chi connectivity index (χ0) is 15.0. The van der Waals surface area contributed by atoms with Crippen LogP contribution in [0.25, 0.3) is 0 Å². The Morgan fingerprint density at radius 1 is 1.29 bits per heavy atom. The summed E-state index contributed by atoms with van der Waals surface area (Å²) >= 11 is 12.1. The SMILES string of the molecule is CCOC(=O)O/N=C1\CCCC2=C1C1CCC2C1=C(Cl)Cl. The molecule has 0 saturated heterocycles. The predicted octanol–water partition coefficient (Wildman–Crippen LogP) is 4.73. The van der Waals surface area contributed by atoms with Crippen molar-refractivity contribution in [3.05, 3.63) is 21.2 Å². The van der Waals surface area contributed by atoms with Gasteiger partial charge in [-0.3, -0.25) is 4.84 Å². The van der Waals surface area contributed by atoms with E-state index in [1.807, 2.05) is 0 Å². The lowest BCUT2D eigenvalue weighted by Gasteiger charge is -2.24. The van der Waals surface area contributed by atoms with E-state index in [0.717, 1.165) is 43.4 Å². The molecule has 1 saturated carbocycles. The Kier molecular flexibility index (Phi) is 4.27. The molecule has 114 valence electrons. The van der Waals surface area contributed by atoms with Crippen molar-refractivity contribution in [2.45, 2.75) is 39.0 Å². The van der Waals surface area contributed by atoms with Gasteiger partial charge in [-0.2, -0.15) is 0 Å². The van der Waals surface area contributed by atoms with Crippen molar-refractivity contribution in [2.24, 2.45) is 17.0 Å². The molecule has 4 nitrogen and oxygen atoms in total. The van der Waals surface area contributed by atoms with E-state index >= 15 is 0 Å². The number of carbonyl (C=O) groups is 1. The maximum absolute atomic E-state index is 11.3. The number of ether oxygens (including phenoxy) is 1. The van der Waals surface area contributed by atoms with Crippen LogP contribution in [0.5, 0.6) is 0 Å². The minimum absolute atomic E-state index is 0.250. The predicted molar refractivity (Wildman–Crippen MR) is 81.4 cm³/mol. The second-order valence-corrected chi connectivity index (χ2v) is 6.45. The van der Waals surface area contributed by atoms with E-state index in [4.69, 9.17) is 32.8 Å². The van der Waals surface area contributed by atoms with Crippen LogP contribution in [0, 0.1) is 11.8 Å². The Morgan fingerprint density at radius 3 is 2.76 bits per heavy atom. The number of oxime groups is 1. The quantitative estimate of drug-likeness (QED) is 0.418. The lowest BCUT2D eigenvalue weighted by Crippen LogP contribution is -2.18. The van der Waals surface area contributed by atoms with Gasteiger partial charge in [0.1, 0.15) is 4.49 Å². The van der Waals surface area contributed by atoms with E-state index in [1.165, 1.54) is 11.1 Å². The Morgan fingerprint density at radius 2 is 2.05 bits per heavy atom. The third-order valence-corrected chi connectivity index (χ3v) is 4.93. The van der Waals surface area contributed by atoms with Crippen molar-refractivity contribution in [1.29, 1.82) is 0 Å². The molecule has 1 fully saturated rings. The van der Waals surface area contributed by atoms with Crippen molar-refractivity contribution in [3.8, 4) is 0 Å². The summed E-state index contributed by atoms with van der Waals surface area (Å²) in [6.07, 6.45) is 4.27. The van der Waals surface area contributed by atoms with Crippen molar-refractivity contribution in [3.63, 3.8) is 0 Å². The highest BCUT2D eigenvalue weighted by Gasteiger charge is 2.47. The van der Waals surface area contributed by atoms with Gasteiger partial charge in [0.15, 0.2) is 0 Å². The zero-order valence-electron chi connectivity index (χ0n) is 11.8. The van der Waals surface area contributed by atoms with E-state index in [0.29, 0.717) is 10.4 Å². The minimum Gasteiger partial charge on any atom is -0.433 e. The monoisotopic (exact) mass is 329 g/mol. The van der Waals surface area contributed by atoms with Crippen LogP contribution in [0.1, 0.15) is 39.0 Å². The second kappa shape index (κ2) is 6.01. The molecule has 0 aromatic carbocycles. The van der Waals surface area contributed by atoms with Crippen molar-refractivity contribution >= 4 is 35.1 Å². The zero-order valence-corrected chi connectivity index (χ0v) is 13.3. The van der Waals surface area contributed by atoms with E-state index in [9.17, 15) is 4.79 Å². The van der Waals surface area contributed by atoms with Crippen LogP contribution in [0.3, 0.4) is 0 Å². The standard InChI is InChI=1S/C15H17Cl2NO3/c1-2-20-15(19)21-18-11-5-3-4-8-9-6-7-10(12(8)11)13(9)14(16)17/h9-10H,2-7H2,1H3/b18-11+. The summed E-state index contributed by atoms with van der Waals surface area (Å²) in [7, 11) is 0. The Balaban J connectivity index is 1.87. The fourth-order valence-electron chi connectivity index (χ4n) is 3.83. The average molecular weight is 330 g/mol. The molecule has 0 amide bonds. The molecule has 3 aliphatic carbocycles. The normalized spacial score (nSPS) is 28.9. The number of halogens is 2. The van der Waals surface area contributed by atoms with Gasteiger partial charge in [0.05, 0.1) is 12.3 Å². The minimum atomic E-state index is -0.757. The van der Waals surface area contributed by atoms with Gasteiger partial charge in [0.2, 0.25) is 0 Å². The largest absolute Gasteiger partial charge is 0.535 e. The number of rotatable bonds is 2. The topological polar surface area (TPSA) is 47.9 Å². The van der Waals surface area contributed by atoms with Gasteiger partial charge in [0.25, 0.3) is 0 Å². The molecule has 3 rings (SSSR count). The maximum atomic E-state index is 11.3. The Hall–Kier alpha value is -1.000. The van der Waals surface area contributed by atoms with Crippen LogP contribution >= 0.6 is 23.2 Å². The van der Waals surface area contributed by atoms with Gasteiger partial charge >= 0.3 is 6.16 Å². The average Bonchev–Trinajstić information content (AvgIpc) is 3.02. The fourth-order valence-corrected chi connectivity index (χ4v) is 4.36. The van der Waals surface area contributed by atoms with Crippen LogP contribution in [-0.4, -0.2) is 18.5 Å². The summed E-state index contributed by atoms with van der Waals surface area (Å²) in [5.74, 6) is 0.614. The first-order chi connectivity index (χ1) is 10.1. The van der Waals surface area contributed by atoms with Gasteiger partial charge in [-0.05, 0) is 50.2 Å². The van der Waals surface area contributed by atoms with Crippen molar-refractivity contribution in [2.75, 3.05) is 6.61 Å². The number of carbonyl (C=O) groups excluding carboxylic acids is 1. The Bertz CT molecular complexity index is 561. The van der Waals surface area contributed by atoms with Gasteiger partial charge in [-0.25, -0.2) is 4.79 Å². The highest BCUT2D eigenvalue weighted by atomic mass is 35.5. The molecule has 3 aliphatic rings. The number of nitrogens with zero attached hydrogens (tertiary/aromatic N) is 1. The van der Waals surface area contributed by atoms with E-state index in [-0.39, 0.29) is 12.5 Å². The molecule has 0 radical (unpaired) electrons. The molecule has 6 heteroatoms. The number of fused-ring (bicyclic) bond motifs is 4. The molecule has 0 aromatic rings. The molecular formula is C15H17Cl2NO3. The summed E-state index contributed by atoms with van der Waals surface area (Å²) in [4.78, 5) is 16.1. The summed E-state index contributed by atoms with van der Waals surface area (Å²) in [6, 6.07) is 0. The molecule has 0 N–H and O–H groups in total. The molecule has 2 bridgehead atoms. The third-order valence-electron chi connectivity index (χ3n) is 4.49. The molecular weight excluding hydrogens is 313 g/mol. The molecule has 2 unspecified atom stereocenters. The maximum Gasteiger partial charge on any atom is 0.535 e. The first kappa shape index (κ1) is 14.9. The number of hydrogen-bond acceptors (Lipinski definition) is 4. The van der Waals surface area contributed by atoms with Crippen LogP contribution in [0.2, 0.25) is 0 Å². The van der Waals surface area contributed by atoms with E-state index < -0.39 is 6.16 Å². The van der Waals surface area contributed by atoms with Gasteiger partial charge in [-0.15, -0.1) is 0 Å². The highest BCUT2D eigenvalue weighted by Crippen LogP contribution is 2.57. The molecule has 21 heavy (non-hydrogen) atoms. The van der Waals surface area contributed by atoms with E-state index in [2.05, 4.69) is 5.16 Å². The summed E-state index contributed by atoms with van der Waals surface area (Å²) < 4.78 is 5.12. The second-order valence-electron chi connectivity index (χ2n) is 5.50. The fraction of sp³-hybridized carbons (Fsp3) is 0.600. The van der Waals surface area contributed by atoms with Crippen molar-refractivity contribution < 1.29 is 14.4 Å². The van der Waals surface area contributed by atoms with Crippen LogP contribution < -0.4 is 0 Å². The summed E-state index contributed by atoms with van der Waals surface area (Å²) in [6.45, 7) is 2.00. The first-order valence-electron chi connectivity index (χ1n) is 7.32. The van der Waals surface area contributed by atoms with Crippen LogP contribution in [-0.2, 0) is 9.57 Å². The lowest BCUT2D eigenvalue weighted by molar-refractivity contribution is 0.0611. The molecule has 0 aromatic heterocycles. The lowest BCUT2D eigenvalue weighted by atomic mass is 9.81. The molecule has 2 atom stereocenters. The smallest absolute Gasteiger partial charge is 0.433 e. The number of hydrogen-bond donors (Lipinski definition) is 0. The molecule has 0 heterocycles. The summed E-state index contributed by atoms with van der Waals surface area (Å²) in [5, 5.41) is 4.03. The highest BCUT2D eigenvalue weighted by molar-refractivity contribution is 6.56. The first-order valence-corrected chi connectivity index (χ1v) is 8.08. The van der Waals surface area contributed by atoms with Gasteiger partial charge < -0.3 is 4.74 Å². The Labute approximate surface area is 133 Å². The molecule has 0 aliphatic heterocycles. The van der Waals surface area contributed by atoms with Gasteiger partial charge in [-0.1, -0.05) is 33.9 Å². The van der Waals surface area contributed by atoms with Gasteiger partial charge in [0, 0.05) is 11.8 Å². The van der Waals surface area contributed by atoms with Crippen molar-refractivity contribution in [1.82, 2.24) is 0 Å². The third kappa shape index (κ3) is 2.59.